The third kappa shape index (κ3) is 3.09. The number of hydrogen-bond donors (Lipinski definition) is 2. The van der Waals surface area contributed by atoms with E-state index in [1.54, 1.807) is 0 Å². The molecule has 1 fully saturated rings. The van der Waals surface area contributed by atoms with Gasteiger partial charge in [0.25, 0.3) is 0 Å². The molecule has 1 heterocycles. The van der Waals surface area contributed by atoms with E-state index in [0.29, 0.717) is 6.04 Å². The van der Waals surface area contributed by atoms with Crippen LogP contribution >= 0.6 is 0 Å². The lowest BCUT2D eigenvalue weighted by Crippen LogP contribution is -2.48. The SMILES string of the molecule is CN1CCCN(C)C(C(NN)c2ccccc2)C1. The van der Waals surface area contributed by atoms with Crippen molar-refractivity contribution >= 4 is 0 Å². The summed E-state index contributed by atoms with van der Waals surface area (Å²) in [6.07, 6.45) is 1.22. The number of rotatable bonds is 3. The Morgan fingerprint density at radius 3 is 2.61 bits per heavy atom. The lowest BCUT2D eigenvalue weighted by molar-refractivity contribution is 0.178. The first-order chi connectivity index (χ1) is 8.72. The van der Waals surface area contributed by atoms with Gasteiger partial charge in [0.15, 0.2) is 0 Å². The molecule has 2 rings (SSSR count). The number of nitrogens with two attached hydrogens (primary N) is 1. The smallest absolute Gasteiger partial charge is 0.0627 e. The Hall–Kier alpha value is -0.940. The topological polar surface area (TPSA) is 44.5 Å². The molecule has 1 aliphatic heterocycles. The summed E-state index contributed by atoms with van der Waals surface area (Å²) in [6, 6.07) is 11.0. The van der Waals surface area contributed by atoms with E-state index in [0.717, 1.165) is 19.6 Å². The highest BCUT2D eigenvalue weighted by Gasteiger charge is 2.28. The fraction of sp³-hybridized carbons (Fsp3) is 0.571. The Bertz CT molecular complexity index is 354. The zero-order valence-corrected chi connectivity index (χ0v) is 11.3. The van der Waals surface area contributed by atoms with Gasteiger partial charge in [0, 0.05) is 12.6 Å². The standard InChI is InChI=1S/C14H24N4/c1-17-9-6-10-18(2)13(11-17)14(16-15)12-7-4-3-5-8-12/h3-5,7-8,13-14,16H,6,9-11,15H2,1-2H3. The summed E-state index contributed by atoms with van der Waals surface area (Å²) in [7, 11) is 4.38. The van der Waals surface area contributed by atoms with Gasteiger partial charge in [0.05, 0.1) is 6.04 Å². The third-order valence-electron chi connectivity index (χ3n) is 3.84. The van der Waals surface area contributed by atoms with Crippen LogP contribution in [-0.2, 0) is 0 Å². The molecule has 0 radical (unpaired) electrons. The summed E-state index contributed by atoms with van der Waals surface area (Å²) < 4.78 is 0. The summed E-state index contributed by atoms with van der Waals surface area (Å²) in [6.45, 7) is 3.33. The van der Waals surface area contributed by atoms with Crippen molar-refractivity contribution in [3.8, 4) is 0 Å². The van der Waals surface area contributed by atoms with Gasteiger partial charge >= 0.3 is 0 Å². The molecule has 100 valence electrons. The number of hydrazine groups is 1. The second kappa shape index (κ2) is 6.29. The first-order valence-corrected chi connectivity index (χ1v) is 6.62. The average molecular weight is 248 g/mol. The first-order valence-electron chi connectivity index (χ1n) is 6.62. The zero-order chi connectivity index (χ0) is 13.0. The van der Waals surface area contributed by atoms with Crippen molar-refractivity contribution in [2.75, 3.05) is 33.7 Å². The Labute approximate surface area is 110 Å². The van der Waals surface area contributed by atoms with Crippen molar-refractivity contribution in [3.63, 3.8) is 0 Å². The van der Waals surface area contributed by atoms with E-state index < -0.39 is 0 Å². The number of nitrogens with one attached hydrogen (secondary N) is 1. The predicted molar refractivity (Wildman–Crippen MR) is 75.0 cm³/mol. The van der Waals surface area contributed by atoms with Gasteiger partial charge in [-0.15, -0.1) is 0 Å². The van der Waals surface area contributed by atoms with E-state index in [-0.39, 0.29) is 6.04 Å². The molecule has 1 aromatic rings. The van der Waals surface area contributed by atoms with E-state index in [4.69, 9.17) is 5.84 Å². The second-order valence-corrected chi connectivity index (χ2v) is 5.22. The molecule has 0 amide bonds. The number of nitrogens with zero attached hydrogens (tertiary/aromatic N) is 2. The van der Waals surface area contributed by atoms with Crippen molar-refractivity contribution < 1.29 is 0 Å². The van der Waals surface area contributed by atoms with Gasteiger partial charge in [-0.2, -0.15) is 0 Å². The maximum Gasteiger partial charge on any atom is 0.0627 e. The van der Waals surface area contributed by atoms with Crippen LogP contribution in [0, 0.1) is 0 Å². The van der Waals surface area contributed by atoms with Gasteiger partial charge in [0.1, 0.15) is 0 Å². The van der Waals surface area contributed by atoms with Gasteiger partial charge in [-0.1, -0.05) is 30.3 Å². The van der Waals surface area contributed by atoms with E-state index in [9.17, 15) is 0 Å². The van der Waals surface area contributed by atoms with Crippen LogP contribution in [0.2, 0.25) is 0 Å². The fourth-order valence-corrected chi connectivity index (χ4v) is 2.76. The summed E-state index contributed by atoms with van der Waals surface area (Å²) in [5.74, 6) is 5.80. The summed E-state index contributed by atoms with van der Waals surface area (Å²) in [5, 5.41) is 0. The lowest BCUT2D eigenvalue weighted by Gasteiger charge is -2.34. The molecule has 18 heavy (non-hydrogen) atoms. The summed E-state index contributed by atoms with van der Waals surface area (Å²) in [4.78, 5) is 4.81. The van der Waals surface area contributed by atoms with Crippen LogP contribution in [-0.4, -0.2) is 49.6 Å². The van der Waals surface area contributed by atoms with Crippen LogP contribution < -0.4 is 11.3 Å². The first kappa shape index (κ1) is 13.5. The van der Waals surface area contributed by atoms with Crippen LogP contribution in [0.4, 0.5) is 0 Å². The average Bonchev–Trinajstić information content (AvgIpc) is 2.54. The molecule has 3 N–H and O–H groups in total. The molecule has 0 aromatic heterocycles. The largest absolute Gasteiger partial charge is 0.305 e. The Balaban J connectivity index is 2.19. The van der Waals surface area contributed by atoms with Crippen molar-refractivity contribution in [1.82, 2.24) is 15.2 Å². The molecule has 0 aliphatic carbocycles. The minimum atomic E-state index is 0.178. The Morgan fingerprint density at radius 2 is 1.94 bits per heavy atom. The Morgan fingerprint density at radius 1 is 1.22 bits per heavy atom. The van der Waals surface area contributed by atoms with E-state index in [1.807, 2.05) is 6.07 Å². The molecule has 0 spiro atoms. The Kier molecular flexibility index (Phi) is 4.72. The van der Waals surface area contributed by atoms with Crippen molar-refractivity contribution in [1.29, 1.82) is 0 Å². The number of benzene rings is 1. The summed E-state index contributed by atoms with van der Waals surface area (Å²) >= 11 is 0. The van der Waals surface area contributed by atoms with E-state index in [1.165, 1.54) is 12.0 Å². The van der Waals surface area contributed by atoms with Gasteiger partial charge in [0.2, 0.25) is 0 Å². The molecule has 4 nitrogen and oxygen atoms in total. The minimum Gasteiger partial charge on any atom is -0.305 e. The molecule has 0 saturated carbocycles. The molecule has 0 bridgehead atoms. The van der Waals surface area contributed by atoms with Crippen LogP contribution in [0.5, 0.6) is 0 Å². The highest BCUT2D eigenvalue weighted by atomic mass is 15.3. The second-order valence-electron chi connectivity index (χ2n) is 5.22. The molecular weight excluding hydrogens is 224 g/mol. The highest BCUT2D eigenvalue weighted by molar-refractivity contribution is 5.20. The van der Waals surface area contributed by atoms with Crippen LogP contribution in [0.1, 0.15) is 18.0 Å². The maximum atomic E-state index is 5.80. The monoisotopic (exact) mass is 248 g/mol. The van der Waals surface area contributed by atoms with Gasteiger partial charge < -0.3 is 9.80 Å². The number of hydrogen-bond acceptors (Lipinski definition) is 4. The van der Waals surface area contributed by atoms with Crippen LogP contribution in [0.3, 0.4) is 0 Å². The molecular formula is C14H24N4. The molecule has 2 unspecified atom stereocenters. The molecule has 1 aromatic carbocycles. The third-order valence-corrected chi connectivity index (χ3v) is 3.84. The maximum absolute atomic E-state index is 5.80. The zero-order valence-electron chi connectivity index (χ0n) is 11.3. The quantitative estimate of drug-likeness (QED) is 0.614. The molecule has 1 saturated heterocycles. The predicted octanol–water partition coefficient (Wildman–Crippen LogP) is 0.827. The van der Waals surface area contributed by atoms with Crippen LogP contribution in [0.25, 0.3) is 0 Å². The molecule has 4 heteroatoms. The van der Waals surface area contributed by atoms with Crippen LogP contribution in [0.15, 0.2) is 30.3 Å². The van der Waals surface area contributed by atoms with Gasteiger partial charge in [-0.3, -0.25) is 11.3 Å². The van der Waals surface area contributed by atoms with Gasteiger partial charge in [-0.05, 0) is 39.2 Å². The van der Waals surface area contributed by atoms with E-state index >= 15 is 0 Å². The molecule has 1 aliphatic rings. The number of likely N-dealkylation sites (N-methyl/N-ethyl adjacent to an activating group) is 2. The molecule has 2 atom stereocenters. The van der Waals surface area contributed by atoms with Crippen molar-refractivity contribution in [2.45, 2.75) is 18.5 Å². The minimum absolute atomic E-state index is 0.178. The summed E-state index contributed by atoms with van der Waals surface area (Å²) in [5.41, 5.74) is 4.26. The van der Waals surface area contributed by atoms with E-state index in [2.05, 4.69) is 53.6 Å². The normalized spacial score (nSPS) is 24.7. The lowest BCUT2D eigenvalue weighted by atomic mass is 9.98. The highest BCUT2D eigenvalue weighted by Crippen LogP contribution is 2.22. The van der Waals surface area contributed by atoms with Gasteiger partial charge in [-0.25, -0.2) is 0 Å². The van der Waals surface area contributed by atoms with Crippen molar-refractivity contribution in [2.24, 2.45) is 5.84 Å². The van der Waals surface area contributed by atoms with Crippen molar-refractivity contribution in [3.05, 3.63) is 35.9 Å². The fourth-order valence-electron chi connectivity index (χ4n) is 2.76.